The minimum atomic E-state index is -0.674. The summed E-state index contributed by atoms with van der Waals surface area (Å²) in [4.78, 5) is 24.9. The fourth-order valence-electron chi connectivity index (χ4n) is 1.38. The summed E-state index contributed by atoms with van der Waals surface area (Å²) in [6, 6.07) is 7.22. The number of carbonyl (C=O) groups is 2. The number of hydrogen-bond acceptors (Lipinski definition) is 3. The van der Waals surface area contributed by atoms with Gasteiger partial charge in [-0.05, 0) is 30.7 Å². The van der Waals surface area contributed by atoms with Gasteiger partial charge in [-0.25, -0.2) is 0 Å². The summed E-state index contributed by atoms with van der Waals surface area (Å²) in [5.41, 5.74) is 1.60. The molecule has 0 spiro atoms. The van der Waals surface area contributed by atoms with Crippen LogP contribution in [0, 0.1) is 0 Å². The molecule has 0 aliphatic carbocycles. The fourth-order valence-corrected chi connectivity index (χ4v) is 1.51. The minimum Gasteiger partial charge on any atom is -0.378 e. The number of nitrogens with zero attached hydrogens (tertiary/aromatic N) is 1. The average Bonchev–Trinajstić information content (AvgIpc) is 2.39. The van der Waals surface area contributed by atoms with Crippen LogP contribution in [-0.2, 0) is 9.59 Å². The Morgan fingerprint density at radius 3 is 2.32 bits per heavy atom. The van der Waals surface area contributed by atoms with Gasteiger partial charge in [-0.3, -0.25) is 9.59 Å². The number of amides is 2. The average molecular weight is 284 g/mol. The lowest BCUT2D eigenvalue weighted by molar-refractivity contribution is -0.136. The van der Waals surface area contributed by atoms with Crippen molar-refractivity contribution in [1.82, 2.24) is 5.32 Å². The molecule has 0 bridgehead atoms. The monoisotopic (exact) mass is 283 g/mol. The summed E-state index contributed by atoms with van der Waals surface area (Å²) < 4.78 is 0. The number of rotatable bonds is 5. The van der Waals surface area contributed by atoms with E-state index < -0.39 is 11.8 Å². The number of hydrogen-bond donors (Lipinski definition) is 2. The first kappa shape index (κ1) is 15.3. The Morgan fingerprint density at radius 1 is 1.16 bits per heavy atom. The normalized spacial score (nSPS) is 9.84. The van der Waals surface area contributed by atoms with Crippen molar-refractivity contribution in [3.05, 3.63) is 24.3 Å². The number of carbonyl (C=O) groups excluding carboxylic acids is 2. The minimum absolute atomic E-state index is 0.398. The van der Waals surface area contributed by atoms with Crippen LogP contribution in [0.25, 0.3) is 0 Å². The van der Waals surface area contributed by atoms with E-state index in [1.54, 1.807) is 12.1 Å². The molecule has 6 heteroatoms. The zero-order valence-corrected chi connectivity index (χ0v) is 11.8. The Balaban J connectivity index is 2.49. The maximum Gasteiger partial charge on any atom is 0.313 e. The van der Waals surface area contributed by atoms with Crippen LogP contribution >= 0.6 is 11.6 Å². The zero-order chi connectivity index (χ0) is 14.3. The summed E-state index contributed by atoms with van der Waals surface area (Å²) in [7, 11) is 3.86. The van der Waals surface area contributed by atoms with Crippen molar-refractivity contribution in [2.75, 3.05) is 36.7 Å². The highest BCUT2D eigenvalue weighted by atomic mass is 35.5. The number of halogens is 1. The van der Waals surface area contributed by atoms with Crippen molar-refractivity contribution < 1.29 is 9.59 Å². The SMILES string of the molecule is CN(C)c1ccc(NC(=O)C(=O)NCCCCl)cc1. The van der Waals surface area contributed by atoms with Crippen molar-refractivity contribution in [3.63, 3.8) is 0 Å². The Bertz CT molecular complexity index is 432. The van der Waals surface area contributed by atoms with Gasteiger partial charge in [0.05, 0.1) is 0 Å². The van der Waals surface area contributed by atoms with Crippen LogP contribution in [-0.4, -0.2) is 38.3 Å². The molecule has 0 aliphatic heterocycles. The molecule has 1 rings (SSSR count). The molecule has 0 radical (unpaired) electrons. The van der Waals surface area contributed by atoms with Crippen LogP contribution in [0.3, 0.4) is 0 Å². The van der Waals surface area contributed by atoms with Crippen LogP contribution in [0.5, 0.6) is 0 Å². The summed E-state index contributed by atoms with van der Waals surface area (Å²) in [6.07, 6.45) is 0.637. The maximum absolute atomic E-state index is 11.6. The third-order valence-electron chi connectivity index (χ3n) is 2.44. The predicted molar refractivity (Wildman–Crippen MR) is 77.7 cm³/mol. The van der Waals surface area contributed by atoms with Crippen LogP contribution < -0.4 is 15.5 Å². The first-order chi connectivity index (χ1) is 9.04. The number of alkyl halides is 1. The molecule has 5 nitrogen and oxygen atoms in total. The van der Waals surface area contributed by atoms with Crippen molar-refractivity contribution in [1.29, 1.82) is 0 Å². The van der Waals surface area contributed by atoms with Crippen LogP contribution in [0.15, 0.2) is 24.3 Å². The van der Waals surface area contributed by atoms with Gasteiger partial charge >= 0.3 is 11.8 Å². The highest BCUT2D eigenvalue weighted by Gasteiger charge is 2.12. The molecule has 0 fully saturated rings. The number of benzene rings is 1. The lowest BCUT2D eigenvalue weighted by atomic mass is 10.2. The molecule has 0 unspecified atom stereocenters. The van der Waals surface area contributed by atoms with E-state index in [9.17, 15) is 9.59 Å². The van der Waals surface area contributed by atoms with Gasteiger partial charge < -0.3 is 15.5 Å². The first-order valence-corrected chi connectivity index (χ1v) is 6.50. The second-order valence-corrected chi connectivity index (χ2v) is 4.57. The van der Waals surface area contributed by atoms with E-state index in [0.29, 0.717) is 24.5 Å². The van der Waals surface area contributed by atoms with Gasteiger partial charge in [0.25, 0.3) is 0 Å². The van der Waals surface area contributed by atoms with E-state index >= 15 is 0 Å². The van der Waals surface area contributed by atoms with Crippen molar-refractivity contribution in [3.8, 4) is 0 Å². The standard InChI is InChI=1S/C13H18ClN3O2/c1-17(2)11-6-4-10(5-7-11)16-13(19)12(18)15-9-3-8-14/h4-7H,3,8-9H2,1-2H3,(H,15,18)(H,16,19). The summed E-state index contributed by atoms with van der Waals surface area (Å²) in [6.45, 7) is 0.398. The molecule has 0 atom stereocenters. The second-order valence-electron chi connectivity index (χ2n) is 4.19. The molecule has 2 amide bonds. The molecule has 19 heavy (non-hydrogen) atoms. The lowest BCUT2D eigenvalue weighted by Crippen LogP contribution is -2.36. The zero-order valence-electron chi connectivity index (χ0n) is 11.1. The van der Waals surface area contributed by atoms with E-state index in [4.69, 9.17) is 11.6 Å². The largest absolute Gasteiger partial charge is 0.378 e. The van der Waals surface area contributed by atoms with Gasteiger partial charge in [0, 0.05) is 37.9 Å². The molecule has 1 aromatic carbocycles. The molecule has 2 N–H and O–H groups in total. The van der Waals surface area contributed by atoms with Crippen LogP contribution in [0.4, 0.5) is 11.4 Å². The quantitative estimate of drug-likeness (QED) is 0.488. The fraction of sp³-hybridized carbons (Fsp3) is 0.385. The molecule has 1 aromatic rings. The highest BCUT2D eigenvalue weighted by molar-refractivity contribution is 6.39. The molecule has 104 valence electrons. The van der Waals surface area contributed by atoms with Gasteiger partial charge in [0.15, 0.2) is 0 Å². The van der Waals surface area contributed by atoms with Crippen LogP contribution in [0.1, 0.15) is 6.42 Å². The van der Waals surface area contributed by atoms with Crippen molar-refractivity contribution in [2.45, 2.75) is 6.42 Å². The molecular weight excluding hydrogens is 266 g/mol. The summed E-state index contributed by atoms with van der Waals surface area (Å²) in [5, 5.41) is 5.02. The van der Waals surface area contributed by atoms with Gasteiger partial charge in [0.1, 0.15) is 0 Å². The molecule has 0 saturated carbocycles. The van der Waals surface area contributed by atoms with Gasteiger partial charge in [-0.1, -0.05) is 0 Å². The van der Waals surface area contributed by atoms with Gasteiger partial charge in [-0.15, -0.1) is 11.6 Å². The molecule has 0 aliphatic rings. The van der Waals surface area contributed by atoms with Crippen molar-refractivity contribution in [2.24, 2.45) is 0 Å². The Morgan fingerprint density at radius 2 is 1.79 bits per heavy atom. The molecule has 0 heterocycles. The van der Waals surface area contributed by atoms with E-state index in [0.717, 1.165) is 5.69 Å². The van der Waals surface area contributed by atoms with E-state index in [-0.39, 0.29) is 0 Å². The van der Waals surface area contributed by atoms with Gasteiger partial charge in [-0.2, -0.15) is 0 Å². The lowest BCUT2D eigenvalue weighted by Gasteiger charge is -2.13. The summed E-state index contributed by atoms with van der Waals surface area (Å²) in [5.74, 6) is -0.873. The predicted octanol–water partition coefficient (Wildman–Crippen LogP) is 1.44. The highest BCUT2D eigenvalue weighted by Crippen LogP contribution is 2.15. The summed E-state index contributed by atoms with van der Waals surface area (Å²) >= 11 is 5.48. The van der Waals surface area contributed by atoms with E-state index in [2.05, 4.69) is 10.6 Å². The first-order valence-electron chi connectivity index (χ1n) is 5.97. The topological polar surface area (TPSA) is 61.4 Å². The van der Waals surface area contributed by atoms with Crippen molar-refractivity contribution >= 4 is 34.8 Å². The molecular formula is C13H18ClN3O2. The van der Waals surface area contributed by atoms with E-state index in [1.165, 1.54) is 0 Å². The third-order valence-corrected chi connectivity index (χ3v) is 2.71. The Kier molecular flexibility index (Phi) is 6.15. The number of nitrogens with one attached hydrogen (secondary N) is 2. The smallest absolute Gasteiger partial charge is 0.313 e. The Labute approximate surface area is 117 Å². The van der Waals surface area contributed by atoms with Crippen LogP contribution in [0.2, 0.25) is 0 Å². The third kappa shape index (κ3) is 5.18. The molecule has 0 aromatic heterocycles. The van der Waals surface area contributed by atoms with E-state index in [1.807, 2.05) is 31.1 Å². The maximum atomic E-state index is 11.6. The van der Waals surface area contributed by atoms with Gasteiger partial charge in [0.2, 0.25) is 0 Å². The molecule has 0 saturated heterocycles. The number of anilines is 2. The Hall–Kier alpha value is -1.75. The second kappa shape index (κ2) is 7.63.